The lowest BCUT2D eigenvalue weighted by Gasteiger charge is -2.19. The largest absolute Gasteiger partial charge is 0.390 e. The molecular formula is C18H25ClN4O2. The molecule has 1 atom stereocenters. The van der Waals surface area contributed by atoms with Crippen molar-refractivity contribution in [2.45, 2.75) is 51.7 Å². The van der Waals surface area contributed by atoms with Crippen LogP contribution in [0.2, 0.25) is 5.02 Å². The van der Waals surface area contributed by atoms with E-state index in [0.29, 0.717) is 17.1 Å². The molecule has 0 radical (unpaired) electrons. The molecule has 2 aromatic rings. The minimum absolute atomic E-state index is 0.0167. The predicted octanol–water partition coefficient (Wildman–Crippen LogP) is 3.98. The van der Waals surface area contributed by atoms with Crippen LogP contribution in [0.4, 0.5) is 10.5 Å². The highest BCUT2D eigenvalue weighted by Crippen LogP contribution is 2.24. The van der Waals surface area contributed by atoms with Crippen molar-refractivity contribution in [2.75, 3.05) is 5.32 Å². The number of carbonyl (C=O) groups excluding carboxylic acids is 1. The minimum Gasteiger partial charge on any atom is -0.390 e. The molecule has 0 aliphatic carbocycles. The van der Waals surface area contributed by atoms with Gasteiger partial charge in [-0.3, -0.25) is 0 Å². The fourth-order valence-corrected chi connectivity index (χ4v) is 2.78. The number of anilines is 1. The summed E-state index contributed by atoms with van der Waals surface area (Å²) in [6.45, 7) is 5.52. The quantitative estimate of drug-likeness (QED) is 0.695. The van der Waals surface area contributed by atoms with Crippen LogP contribution in [-0.4, -0.2) is 32.3 Å². The van der Waals surface area contributed by atoms with E-state index < -0.39 is 5.60 Å². The number of halogens is 1. The Morgan fingerprint density at radius 1 is 1.44 bits per heavy atom. The molecule has 1 aromatic carbocycles. The predicted molar refractivity (Wildman–Crippen MR) is 100 cm³/mol. The van der Waals surface area contributed by atoms with Gasteiger partial charge < -0.3 is 20.3 Å². The van der Waals surface area contributed by atoms with E-state index in [0.717, 1.165) is 18.5 Å². The lowest BCUT2D eigenvalue weighted by atomic mass is 10.00. The topological polar surface area (TPSA) is 79.2 Å². The number of amides is 2. The van der Waals surface area contributed by atoms with Crippen LogP contribution in [-0.2, 0) is 0 Å². The van der Waals surface area contributed by atoms with Crippen LogP contribution >= 0.6 is 11.6 Å². The third-order valence-corrected chi connectivity index (χ3v) is 4.09. The molecule has 2 amide bonds. The van der Waals surface area contributed by atoms with Crippen LogP contribution in [0.3, 0.4) is 0 Å². The van der Waals surface area contributed by atoms with Crippen molar-refractivity contribution in [1.29, 1.82) is 0 Å². The molecule has 1 unspecified atom stereocenters. The maximum Gasteiger partial charge on any atom is 0.319 e. The number of benzene rings is 1. The number of nitrogens with one attached hydrogen (secondary N) is 2. The second-order valence-corrected chi connectivity index (χ2v) is 7.25. The Balaban J connectivity index is 1.85. The molecule has 1 heterocycles. The van der Waals surface area contributed by atoms with Gasteiger partial charge >= 0.3 is 6.03 Å². The molecule has 136 valence electrons. The second-order valence-electron chi connectivity index (χ2n) is 6.84. The Bertz CT molecular complexity index is 696. The minimum atomic E-state index is -0.671. The zero-order chi connectivity index (χ0) is 18.4. The Labute approximate surface area is 153 Å². The zero-order valence-corrected chi connectivity index (χ0v) is 15.5. The number of carbonyl (C=O) groups is 1. The van der Waals surface area contributed by atoms with Gasteiger partial charge in [-0.05, 0) is 58.2 Å². The summed E-state index contributed by atoms with van der Waals surface area (Å²) >= 11 is 6.28. The van der Waals surface area contributed by atoms with E-state index >= 15 is 0 Å². The fraction of sp³-hybridized carbons (Fsp3) is 0.444. The Morgan fingerprint density at radius 3 is 2.80 bits per heavy atom. The van der Waals surface area contributed by atoms with Crippen molar-refractivity contribution >= 4 is 23.3 Å². The Kier molecular flexibility index (Phi) is 6.45. The van der Waals surface area contributed by atoms with Crippen molar-refractivity contribution in [3.63, 3.8) is 0 Å². The normalized spacial score (nSPS) is 12.7. The van der Waals surface area contributed by atoms with Crippen molar-refractivity contribution < 1.29 is 9.90 Å². The summed E-state index contributed by atoms with van der Waals surface area (Å²) in [7, 11) is 0. The fourth-order valence-electron chi connectivity index (χ4n) is 2.50. The maximum atomic E-state index is 12.1. The molecular weight excluding hydrogens is 340 g/mol. The molecule has 25 heavy (non-hydrogen) atoms. The number of hydrogen-bond donors (Lipinski definition) is 3. The third kappa shape index (κ3) is 6.40. The summed E-state index contributed by atoms with van der Waals surface area (Å²) in [6, 6.07) is 5.06. The first-order chi connectivity index (χ1) is 11.7. The van der Waals surface area contributed by atoms with Crippen LogP contribution in [0.25, 0.3) is 5.69 Å². The number of nitrogens with zero attached hydrogens (tertiary/aromatic N) is 2. The van der Waals surface area contributed by atoms with E-state index in [9.17, 15) is 9.90 Å². The molecule has 3 N–H and O–H groups in total. The average molecular weight is 365 g/mol. The second kappa shape index (κ2) is 8.36. The summed E-state index contributed by atoms with van der Waals surface area (Å²) in [4.78, 5) is 16.1. The molecule has 0 saturated carbocycles. The lowest BCUT2D eigenvalue weighted by molar-refractivity contribution is 0.0676. The van der Waals surface area contributed by atoms with Gasteiger partial charge in [-0.25, -0.2) is 9.78 Å². The van der Waals surface area contributed by atoms with Gasteiger partial charge in [0.2, 0.25) is 0 Å². The number of aliphatic hydroxyl groups is 1. The van der Waals surface area contributed by atoms with Crippen molar-refractivity contribution in [2.24, 2.45) is 0 Å². The van der Waals surface area contributed by atoms with E-state index in [1.807, 2.05) is 13.0 Å². The van der Waals surface area contributed by atoms with Gasteiger partial charge in [0.25, 0.3) is 0 Å². The third-order valence-electron chi connectivity index (χ3n) is 3.79. The lowest BCUT2D eigenvalue weighted by Crippen LogP contribution is -2.36. The molecule has 1 aromatic heterocycles. The average Bonchev–Trinajstić information content (AvgIpc) is 2.99. The van der Waals surface area contributed by atoms with Gasteiger partial charge in [-0.1, -0.05) is 11.6 Å². The maximum absolute atomic E-state index is 12.1. The van der Waals surface area contributed by atoms with Crippen LogP contribution in [0.15, 0.2) is 36.9 Å². The Morgan fingerprint density at radius 2 is 2.20 bits per heavy atom. The van der Waals surface area contributed by atoms with Crippen LogP contribution in [0, 0.1) is 0 Å². The van der Waals surface area contributed by atoms with Gasteiger partial charge in [-0.2, -0.15) is 0 Å². The molecule has 2 rings (SSSR count). The van der Waals surface area contributed by atoms with Crippen molar-refractivity contribution in [1.82, 2.24) is 14.9 Å². The van der Waals surface area contributed by atoms with Crippen LogP contribution < -0.4 is 10.6 Å². The van der Waals surface area contributed by atoms with Crippen molar-refractivity contribution in [3.8, 4) is 5.69 Å². The monoisotopic (exact) mass is 364 g/mol. The zero-order valence-electron chi connectivity index (χ0n) is 14.8. The highest BCUT2D eigenvalue weighted by Gasteiger charge is 2.14. The highest BCUT2D eigenvalue weighted by molar-refractivity contribution is 6.32. The number of urea groups is 1. The van der Waals surface area contributed by atoms with Gasteiger partial charge in [0.05, 0.1) is 22.6 Å². The van der Waals surface area contributed by atoms with Gasteiger partial charge in [0.1, 0.15) is 0 Å². The molecule has 7 heteroatoms. The summed E-state index contributed by atoms with van der Waals surface area (Å²) in [6.07, 6.45) is 7.49. The molecule has 0 bridgehead atoms. The number of aromatic nitrogens is 2. The first kappa shape index (κ1) is 19.3. The molecule has 0 aliphatic heterocycles. The molecule has 6 nitrogen and oxygen atoms in total. The summed E-state index contributed by atoms with van der Waals surface area (Å²) < 4.78 is 1.80. The van der Waals surface area contributed by atoms with E-state index in [-0.39, 0.29) is 12.1 Å². The first-order valence-corrected chi connectivity index (χ1v) is 8.70. The number of hydrogen-bond acceptors (Lipinski definition) is 3. The van der Waals surface area contributed by atoms with E-state index in [2.05, 4.69) is 15.6 Å². The standard InChI is InChI=1S/C18H25ClN4O2/c1-13(5-4-8-18(2,3)25)21-17(24)22-14-6-7-16(15(19)11-14)23-10-9-20-12-23/h6-7,9-13,25H,4-5,8H2,1-3H3,(H2,21,22,24). The van der Waals surface area contributed by atoms with Crippen LogP contribution in [0.1, 0.15) is 40.0 Å². The SMILES string of the molecule is CC(CCCC(C)(C)O)NC(=O)Nc1ccc(-n2ccnc2)c(Cl)c1. The summed E-state index contributed by atoms with van der Waals surface area (Å²) in [5, 5.41) is 15.9. The smallest absolute Gasteiger partial charge is 0.319 e. The van der Waals surface area contributed by atoms with Crippen molar-refractivity contribution in [3.05, 3.63) is 41.9 Å². The molecule has 0 aliphatic rings. The van der Waals surface area contributed by atoms with Gasteiger partial charge in [0.15, 0.2) is 0 Å². The summed E-state index contributed by atoms with van der Waals surface area (Å²) in [5.41, 5.74) is 0.746. The molecule has 0 fully saturated rings. The number of imidazole rings is 1. The highest BCUT2D eigenvalue weighted by atomic mass is 35.5. The molecule has 0 saturated heterocycles. The van der Waals surface area contributed by atoms with Crippen LogP contribution in [0.5, 0.6) is 0 Å². The Hall–Kier alpha value is -2.05. The first-order valence-electron chi connectivity index (χ1n) is 8.32. The van der Waals surface area contributed by atoms with E-state index in [1.165, 1.54) is 0 Å². The molecule has 0 spiro atoms. The van der Waals surface area contributed by atoms with E-state index in [4.69, 9.17) is 11.6 Å². The van der Waals surface area contributed by atoms with Gasteiger partial charge in [0, 0.05) is 24.1 Å². The summed E-state index contributed by atoms with van der Waals surface area (Å²) in [5.74, 6) is 0. The number of rotatable bonds is 7. The van der Waals surface area contributed by atoms with Gasteiger partial charge in [-0.15, -0.1) is 0 Å². The van der Waals surface area contributed by atoms with E-state index in [1.54, 1.807) is 49.3 Å².